The molecule has 17 heavy (non-hydrogen) atoms. The predicted octanol–water partition coefficient (Wildman–Crippen LogP) is 2.94. The van der Waals surface area contributed by atoms with Crippen molar-refractivity contribution in [1.82, 2.24) is 0 Å². The van der Waals surface area contributed by atoms with Crippen LogP contribution in [0, 0.1) is 0 Å². The van der Waals surface area contributed by atoms with Gasteiger partial charge in [-0.05, 0) is 6.92 Å². The summed E-state index contributed by atoms with van der Waals surface area (Å²) in [4.78, 5) is 10.7. The van der Waals surface area contributed by atoms with Crippen LogP contribution in [0.2, 0.25) is 0 Å². The lowest BCUT2D eigenvalue weighted by Gasteiger charge is -2.29. The Bertz CT molecular complexity index is 317. The van der Waals surface area contributed by atoms with E-state index in [1.165, 1.54) is 0 Å². The summed E-state index contributed by atoms with van der Waals surface area (Å²) >= 11 is 0. The molecule has 0 aliphatic carbocycles. The molecule has 0 aromatic heterocycles. The van der Waals surface area contributed by atoms with E-state index in [9.17, 15) is 35.5 Å². The van der Waals surface area contributed by atoms with Crippen LogP contribution < -0.4 is 0 Å². The summed E-state index contributed by atoms with van der Waals surface area (Å²) in [6, 6.07) is 0. The Morgan fingerprint density at radius 2 is 1.59 bits per heavy atom. The highest BCUT2D eigenvalue weighted by Gasteiger charge is 2.56. The van der Waals surface area contributed by atoms with E-state index in [1.807, 2.05) is 0 Å². The van der Waals surface area contributed by atoms with Crippen LogP contribution >= 0.6 is 0 Å². The first kappa shape index (κ1) is 15.7. The van der Waals surface area contributed by atoms with Gasteiger partial charge >= 0.3 is 18.3 Å². The van der Waals surface area contributed by atoms with E-state index in [0.29, 0.717) is 0 Å². The average molecular weight is 268 g/mol. The third-order valence-corrected chi connectivity index (χ3v) is 1.76. The molecule has 0 spiro atoms. The summed E-state index contributed by atoms with van der Waals surface area (Å²) < 4.78 is 87.9. The standard InChI is InChI=1S/C8H7F7O2/c1-4(7(10,11)12)5(16)17-6(2,3-9)8(13,14)15/h1,3H2,2H3. The van der Waals surface area contributed by atoms with Crippen molar-refractivity contribution in [3.05, 3.63) is 12.2 Å². The smallest absolute Gasteiger partial charge is 0.430 e. The van der Waals surface area contributed by atoms with Crippen LogP contribution in [0.15, 0.2) is 12.2 Å². The Morgan fingerprint density at radius 3 is 1.82 bits per heavy atom. The zero-order valence-corrected chi connectivity index (χ0v) is 8.38. The lowest BCUT2D eigenvalue weighted by Crippen LogP contribution is -2.49. The van der Waals surface area contributed by atoms with Crippen LogP contribution in [0.1, 0.15) is 6.92 Å². The first-order valence-electron chi connectivity index (χ1n) is 3.97. The second kappa shape index (κ2) is 4.53. The average Bonchev–Trinajstić information content (AvgIpc) is 2.13. The molecule has 0 radical (unpaired) electrons. The van der Waals surface area contributed by atoms with Gasteiger partial charge in [-0.2, -0.15) is 26.3 Å². The second-order valence-electron chi connectivity index (χ2n) is 3.23. The zero-order valence-electron chi connectivity index (χ0n) is 8.38. The van der Waals surface area contributed by atoms with E-state index in [0.717, 1.165) is 0 Å². The molecule has 0 aliphatic heterocycles. The van der Waals surface area contributed by atoms with E-state index in [1.54, 1.807) is 0 Å². The number of esters is 1. The maximum atomic E-state index is 12.2. The molecule has 0 rings (SSSR count). The third-order valence-electron chi connectivity index (χ3n) is 1.76. The lowest BCUT2D eigenvalue weighted by molar-refractivity contribution is -0.267. The van der Waals surface area contributed by atoms with E-state index in [4.69, 9.17) is 0 Å². The second-order valence-corrected chi connectivity index (χ2v) is 3.23. The zero-order chi connectivity index (χ0) is 14.1. The summed E-state index contributed by atoms with van der Waals surface area (Å²) in [7, 11) is 0. The van der Waals surface area contributed by atoms with Gasteiger partial charge < -0.3 is 4.74 Å². The number of rotatable bonds is 3. The van der Waals surface area contributed by atoms with Gasteiger partial charge in [-0.25, -0.2) is 9.18 Å². The minimum atomic E-state index is -5.33. The highest BCUT2D eigenvalue weighted by molar-refractivity contribution is 5.89. The van der Waals surface area contributed by atoms with E-state index < -0.39 is 36.2 Å². The molecular formula is C8H7F7O2. The number of halogens is 7. The van der Waals surface area contributed by atoms with Crippen molar-refractivity contribution in [2.24, 2.45) is 0 Å². The topological polar surface area (TPSA) is 26.3 Å². The molecule has 0 aromatic rings. The Kier molecular flexibility index (Phi) is 4.19. The van der Waals surface area contributed by atoms with E-state index in [2.05, 4.69) is 11.3 Å². The number of alkyl halides is 7. The van der Waals surface area contributed by atoms with Crippen LogP contribution in [-0.4, -0.2) is 30.6 Å². The van der Waals surface area contributed by atoms with Gasteiger partial charge in [0.2, 0.25) is 5.60 Å². The van der Waals surface area contributed by atoms with Gasteiger partial charge in [-0.3, -0.25) is 0 Å². The number of carbonyl (C=O) groups excluding carboxylic acids is 1. The van der Waals surface area contributed by atoms with Gasteiger partial charge in [-0.15, -0.1) is 0 Å². The summed E-state index contributed by atoms with van der Waals surface area (Å²) in [5.74, 6) is -2.37. The van der Waals surface area contributed by atoms with Crippen LogP contribution in [-0.2, 0) is 9.53 Å². The van der Waals surface area contributed by atoms with Gasteiger partial charge in [-0.1, -0.05) is 6.58 Å². The Morgan fingerprint density at radius 1 is 1.18 bits per heavy atom. The number of ether oxygens (including phenoxy) is 1. The summed E-state index contributed by atoms with van der Waals surface area (Å²) in [6.45, 7) is 0.156. The number of hydrogen-bond acceptors (Lipinski definition) is 2. The molecule has 0 amide bonds. The van der Waals surface area contributed by atoms with E-state index in [-0.39, 0.29) is 6.92 Å². The maximum Gasteiger partial charge on any atom is 0.430 e. The third kappa shape index (κ3) is 3.60. The molecule has 0 aromatic carbocycles. The molecule has 1 unspecified atom stereocenters. The van der Waals surface area contributed by atoms with Crippen LogP contribution in [0.25, 0.3) is 0 Å². The van der Waals surface area contributed by atoms with Crippen molar-refractivity contribution in [1.29, 1.82) is 0 Å². The first-order chi connectivity index (χ1) is 7.35. The first-order valence-corrected chi connectivity index (χ1v) is 3.97. The van der Waals surface area contributed by atoms with Crippen LogP contribution in [0.4, 0.5) is 30.7 Å². The van der Waals surface area contributed by atoms with Gasteiger partial charge in [0, 0.05) is 0 Å². The number of hydrogen-bond donors (Lipinski definition) is 0. The summed E-state index contributed by atoms with van der Waals surface area (Å²) in [6.07, 6.45) is -10.6. The fraction of sp³-hybridized carbons (Fsp3) is 0.625. The van der Waals surface area contributed by atoms with Crippen molar-refractivity contribution in [3.8, 4) is 0 Å². The molecule has 1 atom stereocenters. The van der Waals surface area contributed by atoms with Crippen molar-refractivity contribution >= 4 is 5.97 Å². The molecule has 0 saturated carbocycles. The summed E-state index contributed by atoms with van der Waals surface area (Å²) in [5, 5.41) is 0. The molecule has 9 heteroatoms. The lowest BCUT2D eigenvalue weighted by atomic mass is 10.1. The highest BCUT2D eigenvalue weighted by Crippen LogP contribution is 2.35. The predicted molar refractivity (Wildman–Crippen MR) is 41.7 cm³/mol. The minimum Gasteiger partial charge on any atom is -0.443 e. The Balaban J connectivity index is 4.96. The van der Waals surface area contributed by atoms with Crippen molar-refractivity contribution in [2.45, 2.75) is 24.9 Å². The van der Waals surface area contributed by atoms with Crippen molar-refractivity contribution < 1.29 is 40.3 Å². The van der Waals surface area contributed by atoms with Crippen molar-refractivity contribution in [2.75, 3.05) is 6.67 Å². The number of carbonyl (C=O) groups is 1. The highest BCUT2D eigenvalue weighted by atomic mass is 19.4. The Hall–Kier alpha value is -1.28. The molecule has 0 saturated heterocycles. The molecule has 0 N–H and O–H groups in total. The summed E-state index contributed by atoms with van der Waals surface area (Å²) in [5.41, 5.74) is -5.76. The van der Waals surface area contributed by atoms with E-state index >= 15 is 0 Å². The van der Waals surface area contributed by atoms with Crippen LogP contribution in [0.5, 0.6) is 0 Å². The van der Waals surface area contributed by atoms with Gasteiger partial charge in [0.15, 0.2) is 0 Å². The van der Waals surface area contributed by atoms with Gasteiger partial charge in [0.05, 0.1) is 0 Å². The minimum absolute atomic E-state index is 0.120. The largest absolute Gasteiger partial charge is 0.443 e. The molecule has 0 fully saturated rings. The molecule has 100 valence electrons. The molecular weight excluding hydrogens is 261 g/mol. The molecule has 2 nitrogen and oxygen atoms in total. The molecule has 0 bridgehead atoms. The fourth-order valence-electron chi connectivity index (χ4n) is 0.543. The van der Waals surface area contributed by atoms with Gasteiger partial charge in [0.25, 0.3) is 0 Å². The SMILES string of the molecule is C=C(C(=O)OC(C)(CF)C(F)(F)F)C(F)(F)F. The molecule has 0 aliphatic rings. The maximum absolute atomic E-state index is 12.2. The Labute approximate surface area is 91.0 Å². The normalized spacial score (nSPS) is 16.2. The van der Waals surface area contributed by atoms with Gasteiger partial charge in [0.1, 0.15) is 12.2 Å². The molecule has 0 heterocycles. The quantitative estimate of drug-likeness (QED) is 0.447. The monoisotopic (exact) mass is 268 g/mol. The fourth-order valence-corrected chi connectivity index (χ4v) is 0.543. The van der Waals surface area contributed by atoms with Crippen molar-refractivity contribution in [3.63, 3.8) is 0 Å². The van der Waals surface area contributed by atoms with Crippen LogP contribution in [0.3, 0.4) is 0 Å².